The summed E-state index contributed by atoms with van der Waals surface area (Å²) in [6.07, 6.45) is 7.92. The molecule has 0 saturated heterocycles. The van der Waals surface area contributed by atoms with Crippen LogP contribution in [0.4, 0.5) is 0 Å². The summed E-state index contributed by atoms with van der Waals surface area (Å²) in [5, 5.41) is 11.4. The average Bonchev–Trinajstić information content (AvgIpc) is 2.85. The lowest BCUT2D eigenvalue weighted by atomic mass is 10.1. The van der Waals surface area contributed by atoms with Crippen molar-refractivity contribution in [3.05, 3.63) is 87.7 Å². The van der Waals surface area contributed by atoms with Crippen molar-refractivity contribution in [1.29, 1.82) is 0 Å². The molecule has 0 saturated carbocycles. The Morgan fingerprint density at radius 2 is 1.80 bits per heavy atom. The summed E-state index contributed by atoms with van der Waals surface area (Å²) in [6, 6.07) is 15.5. The Morgan fingerprint density at radius 3 is 2.51 bits per heavy atom. The van der Waals surface area contributed by atoms with Crippen LogP contribution in [0.3, 0.4) is 0 Å². The lowest BCUT2D eigenvalue weighted by molar-refractivity contribution is 0.306. The molecule has 186 valence electrons. The first-order chi connectivity index (χ1) is 16.9. The van der Waals surface area contributed by atoms with Crippen molar-refractivity contribution in [2.45, 2.75) is 66.5 Å². The molecule has 1 aromatic heterocycles. The molecule has 5 nitrogen and oxygen atoms in total. The van der Waals surface area contributed by atoms with E-state index >= 15 is 0 Å². The fourth-order valence-corrected chi connectivity index (χ4v) is 3.86. The minimum absolute atomic E-state index is 0.223. The normalized spacial score (nSPS) is 11.5. The van der Waals surface area contributed by atoms with Crippen molar-refractivity contribution in [3.8, 4) is 17.2 Å². The highest BCUT2D eigenvalue weighted by molar-refractivity contribution is 5.89. The Bertz CT molecular complexity index is 1230. The van der Waals surface area contributed by atoms with Crippen molar-refractivity contribution < 1.29 is 14.6 Å². The van der Waals surface area contributed by atoms with Gasteiger partial charge in [0.1, 0.15) is 19.0 Å². The molecular weight excluding hydrogens is 438 g/mol. The van der Waals surface area contributed by atoms with Gasteiger partial charge in [0.2, 0.25) is 5.75 Å². The van der Waals surface area contributed by atoms with Crippen LogP contribution in [0.2, 0.25) is 0 Å². The highest BCUT2D eigenvalue weighted by Gasteiger charge is 2.18. The van der Waals surface area contributed by atoms with Crippen molar-refractivity contribution in [1.82, 2.24) is 4.57 Å². The summed E-state index contributed by atoms with van der Waals surface area (Å²) in [4.78, 5) is 13.1. The summed E-state index contributed by atoms with van der Waals surface area (Å²) in [7, 11) is 0. The molecule has 1 heterocycles. The van der Waals surface area contributed by atoms with Gasteiger partial charge in [0.05, 0.1) is 5.52 Å². The Labute approximate surface area is 208 Å². The van der Waals surface area contributed by atoms with E-state index in [1.807, 2.05) is 54.6 Å². The molecule has 0 aliphatic carbocycles. The van der Waals surface area contributed by atoms with Gasteiger partial charge >= 0.3 is 0 Å². The Hall–Kier alpha value is -3.47. The van der Waals surface area contributed by atoms with Crippen LogP contribution < -0.4 is 15.0 Å². The molecule has 0 bridgehead atoms. The van der Waals surface area contributed by atoms with E-state index in [1.165, 1.54) is 11.1 Å². The van der Waals surface area contributed by atoms with Gasteiger partial charge in [0.25, 0.3) is 5.56 Å². The maximum absolute atomic E-state index is 13.1. The van der Waals surface area contributed by atoms with Gasteiger partial charge in [-0.3, -0.25) is 4.79 Å². The molecule has 3 aromatic rings. The number of rotatable bonds is 12. The number of fused-ring (bicyclic) bond motifs is 1. The maximum atomic E-state index is 13.1. The van der Waals surface area contributed by atoms with E-state index in [9.17, 15) is 9.90 Å². The zero-order valence-corrected chi connectivity index (χ0v) is 21.3. The highest BCUT2D eigenvalue weighted by Crippen LogP contribution is 2.34. The van der Waals surface area contributed by atoms with Crippen molar-refractivity contribution >= 4 is 10.9 Å². The Morgan fingerprint density at radius 1 is 1.03 bits per heavy atom. The first-order valence-corrected chi connectivity index (χ1v) is 12.4. The van der Waals surface area contributed by atoms with E-state index in [-0.39, 0.29) is 18.1 Å². The summed E-state index contributed by atoms with van der Waals surface area (Å²) < 4.78 is 13.6. The Balaban J connectivity index is 1.89. The van der Waals surface area contributed by atoms with E-state index in [1.54, 1.807) is 4.57 Å². The van der Waals surface area contributed by atoms with Crippen LogP contribution in [0, 0.1) is 0 Å². The highest BCUT2D eigenvalue weighted by atomic mass is 16.5. The quantitative estimate of drug-likeness (QED) is 0.282. The lowest BCUT2D eigenvalue weighted by Gasteiger charge is -2.17. The third-order valence-corrected chi connectivity index (χ3v) is 5.90. The maximum Gasteiger partial charge on any atom is 0.297 e. The van der Waals surface area contributed by atoms with Crippen LogP contribution in [-0.4, -0.2) is 16.3 Å². The predicted octanol–water partition coefficient (Wildman–Crippen LogP) is 7.16. The van der Waals surface area contributed by atoms with Gasteiger partial charge in [-0.05, 0) is 63.8 Å². The minimum atomic E-state index is -0.439. The smallest absolute Gasteiger partial charge is 0.297 e. The second-order valence-corrected chi connectivity index (χ2v) is 9.12. The number of allylic oxidation sites excluding steroid dienone is 3. The predicted molar refractivity (Wildman–Crippen MR) is 143 cm³/mol. The van der Waals surface area contributed by atoms with E-state index in [0.29, 0.717) is 29.8 Å². The van der Waals surface area contributed by atoms with Gasteiger partial charge in [-0.15, -0.1) is 0 Å². The van der Waals surface area contributed by atoms with Crippen LogP contribution in [0.25, 0.3) is 10.9 Å². The number of unbranched alkanes of at least 4 members (excludes halogenated alkanes) is 1. The standard InChI is InChI=1S/C30H37NO4/c1-5-6-18-31-27-20-25(35-21-24-13-8-7-9-14-24)15-16-26(27)29(28(32)30(31)33)34-19-17-23(4)12-10-11-22(2)3/h7-9,11,13-17,20,32H,5-6,10,12,18-19,21H2,1-4H3/b23-17+. The molecule has 0 amide bonds. The zero-order chi connectivity index (χ0) is 25.2. The van der Waals surface area contributed by atoms with Crippen LogP contribution in [0.1, 0.15) is 58.9 Å². The molecule has 2 aromatic carbocycles. The number of ether oxygens (including phenoxy) is 2. The number of benzene rings is 2. The van der Waals surface area contributed by atoms with Crippen LogP contribution in [-0.2, 0) is 13.2 Å². The van der Waals surface area contributed by atoms with Gasteiger partial charge in [-0.1, -0.05) is 60.9 Å². The topological polar surface area (TPSA) is 60.7 Å². The molecule has 0 unspecified atom stereocenters. The number of aromatic hydroxyl groups is 1. The third-order valence-electron chi connectivity index (χ3n) is 5.90. The molecule has 0 aliphatic heterocycles. The fourth-order valence-electron chi connectivity index (χ4n) is 3.86. The Kier molecular flexibility index (Phi) is 9.59. The van der Waals surface area contributed by atoms with Crippen LogP contribution >= 0.6 is 0 Å². The SMILES string of the molecule is CCCCn1c(=O)c(O)c(OC/C=C(\C)CCC=C(C)C)c2ccc(OCc3ccccc3)cc21. The van der Waals surface area contributed by atoms with Crippen molar-refractivity contribution in [2.24, 2.45) is 0 Å². The fraction of sp³-hybridized carbons (Fsp3) is 0.367. The van der Waals surface area contributed by atoms with Crippen LogP contribution in [0.5, 0.6) is 17.2 Å². The number of hydrogen-bond acceptors (Lipinski definition) is 4. The van der Waals surface area contributed by atoms with E-state index in [2.05, 4.69) is 33.8 Å². The molecule has 0 fully saturated rings. The second-order valence-electron chi connectivity index (χ2n) is 9.12. The van der Waals surface area contributed by atoms with Crippen LogP contribution in [0.15, 0.2) is 76.6 Å². The summed E-state index contributed by atoms with van der Waals surface area (Å²) >= 11 is 0. The monoisotopic (exact) mass is 475 g/mol. The molecule has 0 atom stereocenters. The molecule has 1 N–H and O–H groups in total. The molecule has 0 spiro atoms. The van der Waals surface area contributed by atoms with E-state index in [4.69, 9.17) is 9.47 Å². The van der Waals surface area contributed by atoms with E-state index < -0.39 is 5.56 Å². The molecule has 0 radical (unpaired) electrons. The van der Waals surface area contributed by atoms with E-state index in [0.717, 1.165) is 31.2 Å². The van der Waals surface area contributed by atoms with Crippen molar-refractivity contribution in [3.63, 3.8) is 0 Å². The second kappa shape index (κ2) is 12.8. The molecule has 35 heavy (non-hydrogen) atoms. The van der Waals surface area contributed by atoms with Gasteiger partial charge in [-0.25, -0.2) is 0 Å². The number of hydrogen-bond donors (Lipinski definition) is 1. The van der Waals surface area contributed by atoms with Gasteiger partial charge in [-0.2, -0.15) is 0 Å². The minimum Gasteiger partial charge on any atom is -0.500 e. The van der Waals surface area contributed by atoms with Gasteiger partial charge < -0.3 is 19.1 Å². The number of aryl methyl sites for hydroxylation is 1. The first-order valence-electron chi connectivity index (χ1n) is 12.4. The summed E-state index contributed by atoms with van der Waals surface area (Å²) in [5.74, 6) is 0.542. The molecular formula is C30H37NO4. The third kappa shape index (κ3) is 7.25. The summed E-state index contributed by atoms with van der Waals surface area (Å²) in [6.45, 7) is 9.57. The average molecular weight is 476 g/mol. The molecule has 3 rings (SSSR count). The zero-order valence-electron chi connectivity index (χ0n) is 21.3. The molecule has 0 aliphatic rings. The first kappa shape index (κ1) is 26.1. The number of pyridine rings is 1. The van der Waals surface area contributed by atoms with Crippen molar-refractivity contribution in [2.75, 3.05) is 6.61 Å². The number of nitrogens with zero attached hydrogens (tertiary/aromatic N) is 1. The van der Waals surface area contributed by atoms with Gasteiger partial charge in [0, 0.05) is 18.0 Å². The summed E-state index contributed by atoms with van der Waals surface area (Å²) in [5.41, 5.74) is 3.84. The largest absolute Gasteiger partial charge is 0.500 e. The lowest BCUT2D eigenvalue weighted by Crippen LogP contribution is -2.21. The number of aromatic nitrogens is 1. The van der Waals surface area contributed by atoms with Gasteiger partial charge in [0.15, 0.2) is 5.75 Å². The molecule has 5 heteroatoms.